The zero-order valence-electron chi connectivity index (χ0n) is 19.1. The smallest absolute Gasteiger partial charge is 0.331 e. The molecule has 0 aliphatic heterocycles. The number of fused-ring (bicyclic) bond motifs is 1. The molecule has 10 heteroatoms. The van der Waals surface area contributed by atoms with Crippen LogP contribution in [0.15, 0.2) is 68.7 Å². The van der Waals surface area contributed by atoms with Crippen LogP contribution in [0.2, 0.25) is 0 Å². The maximum Gasteiger partial charge on any atom is 0.331 e. The number of nitrogens with one attached hydrogen (secondary N) is 1. The van der Waals surface area contributed by atoms with Gasteiger partial charge in [-0.1, -0.05) is 12.1 Å². The van der Waals surface area contributed by atoms with Crippen molar-refractivity contribution >= 4 is 11.0 Å². The summed E-state index contributed by atoms with van der Waals surface area (Å²) in [6.45, 7) is 2.36. The number of benzene rings is 2. The van der Waals surface area contributed by atoms with Crippen molar-refractivity contribution in [3.8, 4) is 28.4 Å². The topological polar surface area (TPSA) is 108 Å². The average molecular weight is 475 g/mol. The Morgan fingerprint density at radius 3 is 2.49 bits per heavy atom. The van der Waals surface area contributed by atoms with Gasteiger partial charge in [-0.3, -0.25) is 13.9 Å². The number of hydrogen-bond donors (Lipinski definition) is 1. The van der Waals surface area contributed by atoms with Crippen molar-refractivity contribution in [2.75, 3.05) is 0 Å². The van der Waals surface area contributed by atoms with E-state index in [4.69, 9.17) is 9.26 Å². The predicted molar refractivity (Wildman–Crippen MR) is 128 cm³/mol. The second-order valence-corrected chi connectivity index (χ2v) is 8.07. The van der Waals surface area contributed by atoms with E-state index in [1.54, 1.807) is 37.4 Å². The molecule has 0 atom stereocenters. The summed E-state index contributed by atoms with van der Waals surface area (Å²) >= 11 is 0. The van der Waals surface area contributed by atoms with Gasteiger partial charge in [0.25, 0.3) is 11.4 Å². The van der Waals surface area contributed by atoms with Gasteiger partial charge in [-0.2, -0.15) is 4.98 Å². The molecular weight excluding hydrogens is 453 g/mol. The molecule has 1 N–H and O–H groups in total. The number of halogens is 1. The van der Waals surface area contributed by atoms with Crippen molar-refractivity contribution in [2.24, 2.45) is 7.05 Å². The van der Waals surface area contributed by atoms with Gasteiger partial charge >= 0.3 is 5.69 Å². The van der Waals surface area contributed by atoms with Crippen LogP contribution in [0.25, 0.3) is 33.7 Å². The van der Waals surface area contributed by atoms with E-state index in [1.807, 2.05) is 19.1 Å². The highest BCUT2D eigenvalue weighted by atomic mass is 19.1. The number of nitrogens with zero attached hydrogens (tertiary/aromatic N) is 4. The second-order valence-electron chi connectivity index (χ2n) is 8.07. The Bertz CT molecular complexity index is 1610. The number of H-pyrrole nitrogens is 1. The predicted octanol–water partition coefficient (Wildman–Crippen LogP) is 3.87. The van der Waals surface area contributed by atoms with Crippen LogP contribution in [-0.2, 0) is 20.2 Å². The van der Waals surface area contributed by atoms with E-state index in [9.17, 15) is 14.0 Å². The summed E-state index contributed by atoms with van der Waals surface area (Å²) in [6.07, 6.45) is 0.687. The molecule has 0 aliphatic rings. The van der Waals surface area contributed by atoms with Gasteiger partial charge in [0.2, 0.25) is 5.82 Å². The second kappa shape index (κ2) is 9.05. The van der Waals surface area contributed by atoms with Gasteiger partial charge in [0.1, 0.15) is 17.1 Å². The Kier molecular flexibility index (Phi) is 5.77. The monoisotopic (exact) mass is 475 g/mol. The normalized spacial score (nSPS) is 11.3. The van der Waals surface area contributed by atoms with Crippen LogP contribution in [0, 0.1) is 5.82 Å². The van der Waals surface area contributed by atoms with Crippen molar-refractivity contribution in [1.29, 1.82) is 0 Å². The van der Waals surface area contributed by atoms with Gasteiger partial charge in [-0.05, 0) is 66.6 Å². The third kappa shape index (κ3) is 4.25. The fourth-order valence-electron chi connectivity index (χ4n) is 3.86. The minimum absolute atomic E-state index is 0.0685. The molecule has 2 aromatic carbocycles. The zero-order chi connectivity index (χ0) is 24.5. The molecule has 5 rings (SSSR count). The molecule has 0 radical (unpaired) electrons. The first kappa shape index (κ1) is 22.3. The first-order valence-electron chi connectivity index (χ1n) is 11.1. The van der Waals surface area contributed by atoms with Crippen molar-refractivity contribution in [2.45, 2.75) is 26.5 Å². The number of aryl methyl sites for hydroxylation is 1. The number of hydrogen-bond acceptors (Lipinski definition) is 6. The van der Waals surface area contributed by atoms with E-state index >= 15 is 0 Å². The van der Waals surface area contributed by atoms with Crippen molar-refractivity contribution in [3.63, 3.8) is 0 Å². The number of aromatic nitrogens is 5. The van der Waals surface area contributed by atoms with E-state index in [0.29, 0.717) is 46.8 Å². The Morgan fingerprint density at radius 1 is 1.06 bits per heavy atom. The quantitative estimate of drug-likeness (QED) is 0.383. The van der Waals surface area contributed by atoms with Crippen LogP contribution in [0.5, 0.6) is 5.75 Å². The first-order chi connectivity index (χ1) is 16.9. The molecular formula is C25H22FN5O4. The summed E-state index contributed by atoms with van der Waals surface area (Å²) in [6, 6.07) is 14.9. The molecule has 0 saturated heterocycles. The maximum absolute atomic E-state index is 13.1. The first-order valence-corrected chi connectivity index (χ1v) is 11.1. The highest BCUT2D eigenvalue weighted by Gasteiger charge is 2.15. The summed E-state index contributed by atoms with van der Waals surface area (Å²) < 4.78 is 26.8. The standard InChI is InChI=1S/C25H22FN5O4/c1-3-12-31-24(32)22-20(30(2)25(31)33)13-19(27-22)15-6-10-18(11-7-15)34-14-21-28-23(29-35-21)16-4-8-17(26)9-5-16/h4-11,13,27H,3,12,14H2,1-2H3. The molecule has 178 valence electrons. The fraction of sp³-hybridized carbons (Fsp3) is 0.200. The van der Waals surface area contributed by atoms with E-state index in [-0.39, 0.29) is 29.6 Å². The lowest BCUT2D eigenvalue weighted by Gasteiger charge is -2.06. The van der Waals surface area contributed by atoms with Crippen LogP contribution in [0.3, 0.4) is 0 Å². The number of rotatable bonds is 7. The highest BCUT2D eigenvalue weighted by molar-refractivity contribution is 5.82. The average Bonchev–Trinajstić information content (AvgIpc) is 3.53. The van der Waals surface area contributed by atoms with Crippen molar-refractivity contribution in [3.05, 3.63) is 87.1 Å². The SMILES string of the molecule is CCCn1c(=O)c2[nH]c(-c3ccc(OCc4nc(-c5ccc(F)cc5)no4)cc3)cc2n(C)c1=O. The van der Waals surface area contributed by atoms with Gasteiger partial charge in [0.15, 0.2) is 6.61 Å². The molecule has 0 fully saturated rings. The minimum Gasteiger partial charge on any atom is -0.484 e. The molecule has 0 bridgehead atoms. The molecule has 0 saturated carbocycles. The number of ether oxygens (including phenoxy) is 1. The Hall–Kier alpha value is -4.47. The molecule has 35 heavy (non-hydrogen) atoms. The Morgan fingerprint density at radius 2 is 1.77 bits per heavy atom. The molecule has 9 nitrogen and oxygen atoms in total. The molecule has 5 aromatic rings. The third-order valence-electron chi connectivity index (χ3n) is 5.68. The highest BCUT2D eigenvalue weighted by Crippen LogP contribution is 2.25. The van der Waals surface area contributed by atoms with Crippen LogP contribution in [0.1, 0.15) is 19.2 Å². The molecule has 0 unspecified atom stereocenters. The summed E-state index contributed by atoms with van der Waals surface area (Å²) in [5, 5.41) is 3.90. The van der Waals surface area contributed by atoms with Gasteiger partial charge in [0.05, 0.1) is 5.52 Å². The summed E-state index contributed by atoms with van der Waals surface area (Å²) in [5.74, 6) is 0.886. The lowest BCUT2D eigenvalue weighted by Crippen LogP contribution is -2.38. The summed E-state index contributed by atoms with van der Waals surface area (Å²) in [5.41, 5.74) is 2.48. The zero-order valence-corrected chi connectivity index (χ0v) is 19.1. The van der Waals surface area contributed by atoms with Gasteiger partial charge in [-0.15, -0.1) is 0 Å². The van der Waals surface area contributed by atoms with Crippen LogP contribution >= 0.6 is 0 Å². The summed E-state index contributed by atoms with van der Waals surface area (Å²) in [7, 11) is 1.66. The van der Waals surface area contributed by atoms with Crippen LogP contribution in [0.4, 0.5) is 4.39 Å². The van der Waals surface area contributed by atoms with E-state index < -0.39 is 0 Å². The Labute approximate surface area is 198 Å². The van der Waals surface area contributed by atoms with Crippen LogP contribution in [-0.4, -0.2) is 24.3 Å². The molecule has 3 heterocycles. The van der Waals surface area contributed by atoms with E-state index in [0.717, 1.165) is 5.56 Å². The van der Waals surface area contributed by atoms with E-state index in [1.165, 1.54) is 21.3 Å². The molecule has 0 aliphatic carbocycles. The number of aromatic amines is 1. The van der Waals surface area contributed by atoms with Gasteiger partial charge in [0, 0.05) is 24.8 Å². The van der Waals surface area contributed by atoms with Crippen LogP contribution < -0.4 is 16.0 Å². The van der Waals surface area contributed by atoms with E-state index in [2.05, 4.69) is 15.1 Å². The minimum atomic E-state index is -0.339. The molecule has 0 spiro atoms. The lowest BCUT2D eigenvalue weighted by atomic mass is 10.1. The molecule has 3 aromatic heterocycles. The van der Waals surface area contributed by atoms with Crippen molar-refractivity contribution < 1.29 is 13.7 Å². The largest absolute Gasteiger partial charge is 0.484 e. The van der Waals surface area contributed by atoms with Gasteiger partial charge in [-0.25, -0.2) is 9.18 Å². The Balaban J connectivity index is 1.33. The third-order valence-corrected chi connectivity index (χ3v) is 5.68. The molecule has 0 amide bonds. The lowest BCUT2D eigenvalue weighted by molar-refractivity contribution is 0.243. The summed E-state index contributed by atoms with van der Waals surface area (Å²) in [4.78, 5) is 32.7. The van der Waals surface area contributed by atoms with Gasteiger partial charge < -0.3 is 14.2 Å². The van der Waals surface area contributed by atoms with Crippen molar-refractivity contribution in [1.82, 2.24) is 24.3 Å². The maximum atomic E-state index is 13.1. The fourth-order valence-corrected chi connectivity index (χ4v) is 3.86.